The fourth-order valence-corrected chi connectivity index (χ4v) is 2.31. The molecule has 1 aromatic heterocycles. The van der Waals surface area contributed by atoms with Crippen molar-refractivity contribution in [2.24, 2.45) is 0 Å². The van der Waals surface area contributed by atoms with Crippen LogP contribution in [-0.4, -0.2) is 29.9 Å². The van der Waals surface area contributed by atoms with Gasteiger partial charge in [0.05, 0.1) is 7.11 Å². The van der Waals surface area contributed by atoms with Crippen LogP contribution in [0.3, 0.4) is 0 Å². The number of aromatic nitrogens is 2. The first kappa shape index (κ1) is 16.5. The summed E-state index contributed by atoms with van der Waals surface area (Å²) >= 11 is 0. The van der Waals surface area contributed by atoms with Gasteiger partial charge in [-0.15, -0.1) is 0 Å². The quantitative estimate of drug-likeness (QED) is 0.743. The molecule has 25 heavy (non-hydrogen) atoms. The van der Waals surface area contributed by atoms with Gasteiger partial charge in [-0.2, -0.15) is 0 Å². The van der Waals surface area contributed by atoms with E-state index in [2.05, 4.69) is 15.6 Å². The molecule has 0 unspecified atom stereocenters. The second kappa shape index (κ2) is 7.48. The number of hydrogen-bond acceptors (Lipinski definition) is 6. The maximum Gasteiger partial charge on any atom is 0.263 e. The van der Waals surface area contributed by atoms with Gasteiger partial charge in [0.25, 0.3) is 5.91 Å². The van der Waals surface area contributed by atoms with Crippen molar-refractivity contribution in [3.05, 3.63) is 54.1 Å². The zero-order valence-electron chi connectivity index (χ0n) is 13.9. The second-order valence-corrected chi connectivity index (χ2v) is 5.29. The molecule has 0 radical (unpaired) electrons. The lowest BCUT2D eigenvalue weighted by Crippen LogP contribution is -2.20. The van der Waals surface area contributed by atoms with E-state index in [1.165, 1.54) is 0 Å². The Hall–Kier alpha value is -3.35. The van der Waals surface area contributed by atoms with Crippen LogP contribution < -0.4 is 14.8 Å². The van der Waals surface area contributed by atoms with Crippen LogP contribution in [0.4, 0.5) is 5.82 Å². The molecule has 0 aliphatic rings. The van der Waals surface area contributed by atoms with Gasteiger partial charge >= 0.3 is 0 Å². The normalized spacial score (nSPS) is 10.3. The maximum absolute atomic E-state index is 12.1. The molecule has 0 aliphatic carbocycles. The standard InChI is InChI=1S/C18H17N3O4/c1-12-10-14(23-2)8-9-15(12)17-18(21-25-20-17)19-16(22)11-24-13-6-4-3-5-7-13/h3-10H,11H2,1-2H3,(H,19,21,22). The van der Waals surface area contributed by atoms with Crippen molar-refractivity contribution in [1.82, 2.24) is 10.3 Å². The van der Waals surface area contributed by atoms with E-state index in [1.807, 2.05) is 37.3 Å². The lowest BCUT2D eigenvalue weighted by Gasteiger charge is -2.08. The molecule has 0 saturated heterocycles. The first-order chi connectivity index (χ1) is 12.2. The summed E-state index contributed by atoms with van der Waals surface area (Å²) in [6.45, 7) is 1.77. The Kier molecular flexibility index (Phi) is 4.94. The highest BCUT2D eigenvalue weighted by atomic mass is 16.6. The van der Waals surface area contributed by atoms with Crippen molar-refractivity contribution in [3.8, 4) is 22.8 Å². The van der Waals surface area contributed by atoms with Gasteiger partial charge in [0.2, 0.25) is 5.82 Å². The van der Waals surface area contributed by atoms with Gasteiger partial charge in [-0.1, -0.05) is 18.2 Å². The minimum atomic E-state index is -0.355. The first-order valence-electron chi connectivity index (χ1n) is 7.62. The van der Waals surface area contributed by atoms with Crippen LogP contribution in [0, 0.1) is 6.92 Å². The number of methoxy groups -OCH3 is 1. The van der Waals surface area contributed by atoms with E-state index in [4.69, 9.17) is 14.1 Å². The summed E-state index contributed by atoms with van der Waals surface area (Å²) in [7, 11) is 1.60. The Morgan fingerprint density at radius 1 is 1.12 bits per heavy atom. The molecule has 0 fully saturated rings. The minimum absolute atomic E-state index is 0.141. The summed E-state index contributed by atoms with van der Waals surface area (Å²) in [5.74, 6) is 1.24. The Labute approximate surface area is 144 Å². The second-order valence-electron chi connectivity index (χ2n) is 5.29. The summed E-state index contributed by atoms with van der Waals surface area (Å²) in [4.78, 5) is 12.1. The number of para-hydroxylation sites is 1. The average molecular weight is 339 g/mol. The fourth-order valence-electron chi connectivity index (χ4n) is 2.31. The summed E-state index contributed by atoms with van der Waals surface area (Å²) in [6.07, 6.45) is 0. The Morgan fingerprint density at radius 3 is 2.64 bits per heavy atom. The summed E-state index contributed by atoms with van der Waals surface area (Å²) in [6, 6.07) is 14.6. The summed E-state index contributed by atoms with van der Waals surface area (Å²) < 4.78 is 15.4. The van der Waals surface area contributed by atoms with E-state index < -0.39 is 0 Å². The third-order valence-electron chi connectivity index (χ3n) is 3.55. The Bertz CT molecular complexity index is 862. The van der Waals surface area contributed by atoms with Crippen LogP contribution in [0.15, 0.2) is 53.2 Å². The number of amides is 1. The van der Waals surface area contributed by atoms with Gasteiger partial charge in [-0.25, -0.2) is 4.63 Å². The third kappa shape index (κ3) is 3.95. The van der Waals surface area contributed by atoms with Crippen LogP contribution in [0.2, 0.25) is 0 Å². The van der Waals surface area contributed by atoms with Crippen molar-refractivity contribution in [3.63, 3.8) is 0 Å². The Balaban J connectivity index is 1.70. The topological polar surface area (TPSA) is 86.5 Å². The third-order valence-corrected chi connectivity index (χ3v) is 3.55. The number of hydrogen-bond donors (Lipinski definition) is 1. The molecule has 0 saturated carbocycles. The van der Waals surface area contributed by atoms with E-state index in [-0.39, 0.29) is 18.3 Å². The van der Waals surface area contributed by atoms with E-state index in [0.29, 0.717) is 11.4 Å². The zero-order valence-corrected chi connectivity index (χ0v) is 13.9. The monoisotopic (exact) mass is 339 g/mol. The van der Waals surface area contributed by atoms with Crippen LogP contribution in [0.25, 0.3) is 11.3 Å². The molecule has 3 rings (SSSR count). The van der Waals surface area contributed by atoms with E-state index in [0.717, 1.165) is 16.9 Å². The van der Waals surface area contributed by atoms with Gasteiger partial charge in [0, 0.05) is 5.56 Å². The van der Waals surface area contributed by atoms with Crippen molar-refractivity contribution < 1.29 is 18.9 Å². The van der Waals surface area contributed by atoms with E-state index in [1.54, 1.807) is 25.3 Å². The van der Waals surface area contributed by atoms with Crippen molar-refractivity contribution in [2.75, 3.05) is 19.0 Å². The Morgan fingerprint density at radius 2 is 1.92 bits per heavy atom. The number of nitrogens with one attached hydrogen (secondary N) is 1. The van der Waals surface area contributed by atoms with Crippen LogP contribution in [-0.2, 0) is 4.79 Å². The molecule has 7 nitrogen and oxygen atoms in total. The molecule has 1 amide bonds. The van der Waals surface area contributed by atoms with Gasteiger partial charge < -0.3 is 14.8 Å². The molecule has 0 atom stereocenters. The molecule has 0 bridgehead atoms. The number of aryl methyl sites for hydroxylation is 1. The van der Waals surface area contributed by atoms with Gasteiger partial charge in [-0.05, 0) is 53.1 Å². The average Bonchev–Trinajstić information content (AvgIpc) is 3.08. The fraction of sp³-hybridized carbons (Fsp3) is 0.167. The van der Waals surface area contributed by atoms with Crippen molar-refractivity contribution >= 4 is 11.7 Å². The number of carbonyl (C=O) groups is 1. The van der Waals surface area contributed by atoms with Crippen LogP contribution in [0.1, 0.15) is 5.56 Å². The predicted molar refractivity (Wildman–Crippen MR) is 91.6 cm³/mol. The summed E-state index contributed by atoms with van der Waals surface area (Å²) in [5.41, 5.74) is 2.17. The molecule has 0 spiro atoms. The van der Waals surface area contributed by atoms with E-state index >= 15 is 0 Å². The number of nitrogens with zero attached hydrogens (tertiary/aromatic N) is 2. The molecule has 2 aromatic carbocycles. The molecular weight excluding hydrogens is 322 g/mol. The van der Waals surface area contributed by atoms with Gasteiger partial charge in [0.1, 0.15) is 11.5 Å². The predicted octanol–water partition coefficient (Wildman–Crippen LogP) is 3.07. The van der Waals surface area contributed by atoms with Crippen LogP contribution in [0.5, 0.6) is 11.5 Å². The highest BCUT2D eigenvalue weighted by Crippen LogP contribution is 2.29. The molecule has 0 aliphatic heterocycles. The smallest absolute Gasteiger partial charge is 0.263 e. The number of anilines is 1. The van der Waals surface area contributed by atoms with Gasteiger partial charge in [-0.3, -0.25) is 4.79 Å². The minimum Gasteiger partial charge on any atom is -0.497 e. The van der Waals surface area contributed by atoms with Crippen LogP contribution >= 0.6 is 0 Å². The lowest BCUT2D eigenvalue weighted by molar-refractivity contribution is -0.118. The zero-order chi connectivity index (χ0) is 17.6. The highest BCUT2D eigenvalue weighted by molar-refractivity contribution is 5.94. The largest absolute Gasteiger partial charge is 0.497 e. The lowest BCUT2D eigenvalue weighted by atomic mass is 10.1. The first-order valence-corrected chi connectivity index (χ1v) is 7.62. The highest BCUT2D eigenvalue weighted by Gasteiger charge is 2.17. The molecule has 3 aromatic rings. The molecule has 7 heteroatoms. The summed E-state index contributed by atoms with van der Waals surface area (Å²) in [5, 5.41) is 10.3. The maximum atomic E-state index is 12.1. The van der Waals surface area contributed by atoms with Crippen molar-refractivity contribution in [2.45, 2.75) is 6.92 Å². The molecule has 128 valence electrons. The van der Waals surface area contributed by atoms with Gasteiger partial charge in [0.15, 0.2) is 12.3 Å². The van der Waals surface area contributed by atoms with E-state index in [9.17, 15) is 4.79 Å². The number of ether oxygens (including phenoxy) is 2. The molecule has 1 N–H and O–H groups in total. The number of carbonyl (C=O) groups excluding carboxylic acids is 1. The van der Waals surface area contributed by atoms with Crippen molar-refractivity contribution in [1.29, 1.82) is 0 Å². The number of rotatable bonds is 6. The SMILES string of the molecule is COc1ccc(-c2nonc2NC(=O)COc2ccccc2)c(C)c1. The number of benzene rings is 2. The molecular formula is C18H17N3O4. The molecule has 1 heterocycles.